The van der Waals surface area contributed by atoms with Crippen LogP contribution in [0.5, 0.6) is 11.5 Å². The lowest BCUT2D eigenvalue weighted by Crippen LogP contribution is -2.18. The van der Waals surface area contributed by atoms with Gasteiger partial charge in [0.25, 0.3) is 0 Å². The average Bonchev–Trinajstić information content (AvgIpc) is 2.61. The van der Waals surface area contributed by atoms with Gasteiger partial charge in [0.1, 0.15) is 11.5 Å². The Morgan fingerprint density at radius 1 is 0.880 bits per heavy atom. The molecule has 0 amide bonds. The Kier molecular flexibility index (Phi) is 5.98. The zero-order valence-corrected chi connectivity index (χ0v) is 15.4. The maximum Gasteiger partial charge on any atom is 0.127 e. The van der Waals surface area contributed by atoms with Crippen LogP contribution in [0.2, 0.25) is 10.0 Å². The molecule has 1 atom stereocenters. The molecule has 0 spiro atoms. The van der Waals surface area contributed by atoms with Gasteiger partial charge in [-0.05, 0) is 54.4 Å². The number of benzene rings is 3. The molecule has 0 aliphatic rings. The van der Waals surface area contributed by atoms with Gasteiger partial charge in [-0.3, -0.25) is 0 Å². The molecule has 3 aromatic carbocycles. The van der Waals surface area contributed by atoms with E-state index in [0.29, 0.717) is 16.6 Å². The molecule has 1 N–H and O–H groups in total. The van der Waals surface area contributed by atoms with Crippen LogP contribution in [0.15, 0.2) is 72.8 Å². The number of ether oxygens (including phenoxy) is 1. The highest BCUT2D eigenvalue weighted by Gasteiger charge is 2.10. The van der Waals surface area contributed by atoms with Crippen molar-refractivity contribution in [2.24, 2.45) is 0 Å². The van der Waals surface area contributed by atoms with E-state index >= 15 is 0 Å². The summed E-state index contributed by atoms with van der Waals surface area (Å²) in [5.41, 5.74) is 2.17. The van der Waals surface area contributed by atoms with Crippen LogP contribution in [0.1, 0.15) is 24.1 Å². The van der Waals surface area contributed by atoms with E-state index in [-0.39, 0.29) is 6.04 Å². The van der Waals surface area contributed by atoms with Crippen LogP contribution in [0.25, 0.3) is 0 Å². The van der Waals surface area contributed by atoms with Crippen molar-refractivity contribution >= 4 is 23.2 Å². The van der Waals surface area contributed by atoms with Crippen molar-refractivity contribution in [3.8, 4) is 11.5 Å². The van der Waals surface area contributed by atoms with Gasteiger partial charge in [-0.1, -0.05) is 59.6 Å². The lowest BCUT2D eigenvalue weighted by Gasteiger charge is -2.16. The van der Waals surface area contributed by atoms with E-state index in [0.717, 1.165) is 22.6 Å². The largest absolute Gasteiger partial charge is 0.457 e. The minimum atomic E-state index is 0.114. The molecule has 0 aliphatic heterocycles. The molecule has 3 rings (SSSR count). The van der Waals surface area contributed by atoms with Gasteiger partial charge in [0, 0.05) is 22.6 Å². The summed E-state index contributed by atoms with van der Waals surface area (Å²) in [4.78, 5) is 0. The molecular weight excluding hydrogens is 353 g/mol. The quantitative estimate of drug-likeness (QED) is 0.524. The third kappa shape index (κ3) is 4.99. The third-order valence-corrected chi connectivity index (χ3v) is 4.48. The molecule has 3 aromatic rings. The lowest BCUT2D eigenvalue weighted by molar-refractivity contribution is 0.481. The number of hydrogen-bond acceptors (Lipinski definition) is 2. The summed E-state index contributed by atoms with van der Waals surface area (Å²) < 4.78 is 5.88. The monoisotopic (exact) mass is 371 g/mol. The molecule has 2 nitrogen and oxygen atoms in total. The highest BCUT2D eigenvalue weighted by atomic mass is 35.5. The number of hydrogen-bond donors (Lipinski definition) is 1. The maximum absolute atomic E-state index is 6.28. The number of rotatable bonds is 6. The van der Waals surface area contributed by atoms with E-state index in [1.165, 1.54) is 0 Å². The topological polar surface area (TPSA) is 21.3 Å². The van der Waals surface area contributed by atoms with E-state index in [2.05, 4.69) is 18.3 Å². The minimum absolute atomic E-state index is 0.114. The third-order valence-electron chi connectivity index (χ3n) is 3.92. The van der Waals surface area contributed by atoms with E-state index in [1.807, 2.05) is 60.7 Å². The van der Waals surface area contributed by atoms with Crippen LogP contribution in [0.3, 0.4) is 0 Å². The first-order valence-electron chi connectivity index (χ1n) is 8.12. The van der Waals surface area contributed by atoms with E-state index in [9.17, 15) is 0 Å². The first kappa shape index (κ1) is 17.8. The first-order chi connectivity index (χ1) is 12.1. The normalized spacial score (nSPS) is 12.0. The van der Waals surface area contributed by atoms with Gasteiger partial charge < -0.3 is 10.1 Å². The second-order valence-electron chi connectivity index (χ2n) is 5.83. The molecule has 128 valence electrons. The molecule has 4 heteroatoms. The maximum atomic E-state index is 6.28. The minimum Gasteiger partial charge on any atom is -0.457 e. The molecule has 0 fully saturated rings. The SMILES string of the molecule is CC(NCc1cccc(Oc2ccccc2)c1)c1ccc(Cl)cc1Cl. The van der Waals surface area contributed by atoms with Crippen molar-refractivity contribution in [3.63, 3.8) is 0 Å². The van der Waals surface area contributed by atoms with Crippen LogP contribution >= 0.6 is 23.2 Å². The Morgan fingerprint density at radius 2 is 1.64 bits per heavy atom. The highest BCUT2D eigenvalue weighted by Crippen LogP contribution is 2.27. The summed E-state index contributed by atoms with van der Waals surface area (Å²) in [6.07, 6.45) is 0. The molecular formula is C21H19Cl2NO. The van der Waals surface area contributed by atoms with Crippen molar-refractivity contribution in [2.45, 2.75) is 19.5 Å². The summed E-state index contributed by atoms with van der Waals surface area (Å²) in [5.74, 6) is 1.65. The van der Waals surface area contributed by atoms with Gasteiger partial charge in [0.15, 0.2) is 0 Å². The van der Waals surface area contributed by atoms with Crippen LogP contribution in [0, 0.1) is 0 Å². The summed E-state index contributed by atoms with van der Waals surface area (Å²) in [7, 11) is 0. The van der Waals surface area contributed by atoms with Crippen LogP contribution < -0.4 is 10.1 Å². The Hall–Kier alpha value is -2.00. The number of halogens is 2. The van der Waals surface area contributed by atoms with Gasteiger partial charge in [-0.15, -0.1) is 0 Å². The summed E-state index contributed by atoms with van der Waals surface area (Å²) in [5, 5.41) is 4.80. The molecule has 0 aromatic heterocycles. The fourth-order valence-electron chi connectivity index (χ4n) is 2.58. The second kappa shape index (κ2) is 8.39. The van der Waals surface area contributed by atoms with E-state index in [1.54, 1.807) is 6.07 Å². The molecule has 0 heterocycles. The Balaban J connectivity index is 1.64. The van der Waals surface area contributed by atoms with Crippen molar-refractivity contribution in [1.82, 2.24) is 5.32 Å². The van der Waals surface area contributed by atoms with Gasteiger partial charge in [-0.2, -0.15) is 0 Å². The molecule has 1 unspecified atom stereocenters. The molecule has 25 heavy (non-hydrogen) atoms. The second-order valence-corrected chi connectivity index (χ2v) is 6.67. The Bertz CT molecular complexity index is 836. The van der Waals surface area contributed by atoms with E-state index < -0.39 is 0 Å². The molecule has 0 radical (unpaired) electrons. The first-order valence-corrected chi connectivity index (χ1v) is 8.87. The van der Waals surface area contributed by atoms with Crippen LogP contribution in [0.4, 0.5) is 0 Å². The number of nitrogens with one attached hydrogen (secondary N) is 1. The van der Waals surface area contributed by atoms with E-state index in [4.69, 9.17) is 27.9 Å². The molecule has 0 saturated carbocycles. The van der Waals surface area contributed by atoms with Crippen molar-refractivity contribution in [1.29, 1.82) is 0 Å². The van der Waals surface area contributed by atoms with Crippen molar-refractivity contribution < 1.29 is 4.74 Å². The summed E-state index contributed by atoms with van der Waals surface area (Å²) in [6.45, 7) is 2.80. The van der Waals surface area contributed by atoms with Gasteiger partial charge in [0.05, 0.1) is 0 Å². The highest BCUT2D eigenvalue weighted by molar-refractivity contribution is 6.35. The Morgan fingerprint density at radius 3 is 2.40 bits per heavy atom. The predicted octanol–water partition coefficient (Wildman–Crippen LogP) is 6.64. The molecule has 0 saturated heterocycles. The summed E-state index contributed by atoms with van der Waals surface area (Å²) in [6, 6.07) is 23.5. The average molecular weight is 372 g/mol. The van der Waals surface area contributed by atoms with Gasteiger partial charge in [-0.25, -0.2) is 0 Å². The zero-order valence-electron chi connectivity index (χ0n) is 13.9. The van der Waals surface area contributed by atoms with Crippen molar-refractivity contribution in [3.05, 3.63) is 94.0 Å². The van der Waals surface area contributed by atoms with Crippen LogP contribution in [-0.2, 0) is 6.54 Å². The van der Waals surface area contributed by atoms with Crippen molar-refractivity contribution in [2.75, 3.05) is 0 Å². The lowest BCUT2D eigenvalue weighted by atomic mass is 10.1. The fraction of sp³-hybridized carbons (Fsp3) is 0.143. The standard InChI is InChI=1S/C21H19Cl2NO/c1-15(20-11-10-17(22)13-21(20)23)24-14-16-6-5-9-19(12-16)25-18-7-3-2-4-8-18/h2-13,15,24H,14H2,1H3. The smallest absolute Gasteiger partial charge is 0.127 e. The fourth-order valence-corrected chi connectivity index (χ4v) is 3.15. The van der Waals surface area contributed by atoms with Gasteiger partial charge >= 0.3 is 0 Å². The summed E-state index contributed by atoms with van der Waals surface area (Å²) >= 11 is 12.2. The van der Waals surface area contributed by atoms with Crippen LogP contribution in [-0.4, -0.2) is 0 Å². The Labute approximate surface area is 158 Å². The zero-order chi connectivity index (χ0) is 17.6. The number of para-hydroxylation sites is 1. The van der Waals surface area contributed by atoms with Gasteiger partial charge in [0.2, 0.25) is 0 Å². The molecule has 0 bridgehead atoms. The molecule has 0 aliphatic carbocycles. The predicted molar refractivity (Wildman–Crippen MR) is 105 cm³/mol.